The van der Waals surface area contributed by atoms with Crippen molar-refractivity contribution >= 4 is 34.3 Å². The standard InChI is InChI=1S/C13H16ClN3S/c1-7-4-11(15)10(14)5-12(7)17-9(3)13-16-6-8(2)18-13/h4-6,9,17H,15H2,1-3H3. The predicted octanol–water partition coefficient (Wildman–Crippen LogP) is 4.17. The molecule has 5 heteroatoms. The Kier molecular flexibility index (Phi) is 3.78. The largest absolute Gasteiger partial charge is 0.398 e. The molecule has 0 bridgehead atoms. The number of hydrogen-bond acceptors (Lipinski definition) is 4. The molecule has 2 aromatic rings. The monoisotopic (exact) mass is 281 g/mol. The Morgan fingerprint density at radius 1 is 1.39 bits per heavy atom. The van der Waals surface area contributed by atoms with Crippen molar-refractivity contribution in [3.8, 4) is 0 Å². The second kappa shape index (κ2) is 5.16. The first-order chi connectivity index (χ1) is 8.47. The van der Waals surface area contributed by atoms with Crippen LogP contribution in [0.3, 0.4) is 0 Å². The number of halogens is 1. The Labute approximate surface area is 116 Å². The molecule has 1 unspecified atom stereocenters. The minimum Gasteiger partial charge on any atom is -0.398 e. The average molecular weight is 282 g/mol. The molecule has 1 aromatic heterocycles. The van der Waals surface area contributed by atoms with Crippen molar-refractivity contribution in [3.63, 3.8) is 0 Å². The van der Waals surface area contributed by atoms with Gasteiger partial charge in [-0.2, -0.15) is 0 Å². The molecule has 0 aliphatic heterocycles. The maximum absolute atomic E-state index is 6.04. The summed E-state index contributed by atoms with van der Waals surface area (Å²) in [5.74, 6) is 0. The van der Waals surface area contributed by atoms with Crippen molar-refractivity contribution in [2.45, 2.75) is 26.8 Å². The minimum absolute atomic E-state index is 0.155. The van der Waals surface area contributed by atoms with Gasteiger partial charge < -0.3 is 11.1 Å². The van der Waals surface area contributed by atoms with Gasteiger partial charge in [-0.3, -0.25) is 0 Å². The molecule has 1 heterocycles. The van der Waals surface area contributed by atoms with E-state index in [-0.39, 0.29) is 6.04 Å². The summed E-state index contributed by atoms with van der Waals surface area (Å²) in [6.45, 7) is 6.15. The molecule has 96 valence electrons. The quantitative estimate of drug-likeness (QED) is 0.830. The van der Waals surface area contributed by atoms with Crippen molar-refractivity contribution in [2.75, 3.05) is 11.1 Å². The Balaban J connectivity index is 2.21. The third-order valence-electron chi connectivity index (χ3n) is 2.73. The first-order valence-corrected chi connectivity index (χ1v) is 6.91. The molecule has 0 fully saturated rings. The summed E-state index contributed by atoms with van der Waals surface area (Å²) in [6.07, 6.45) is 1.89. The lowest BCUT2D eigenvalue weighted by molar-refractivity contribution is 0.868. The number of nitrogens with zero attached hydrogens (tertiary/aromatic N) is 1. The van der Waals surface area contributed by atoms with Gasteiger partial charge in [0.05, 0.1) is 16.8 Å². The number of hydrogen-bond donors (Lipinski definition) is 2. The van der Waals surface area contributed by atoms with Crippen molar-refractivity contribution in [3.05, 3.63) is 38.8 Å². The van der Waals surface area contributed by atoms with Crippen molar-refractivity contribution in [1.29, 1.82) is 0 Å². The van der Waals surface area contributed by atoms with E-state index in [0.29, 0.717) is 10.7 Å². The molecule has 1 aromatic carbocycles. The van der Waals surface area contributed by atoms with E-state index in [1.54, 1.807) is 11.3 Å². The maximum Gasteiger partial charge on any atom is 0.115 e. The van der Waals surface area contributed by atoms with Crippen LogP contribution in [0.15, 0.2) is 18.3 Å². The molecular weight excluding hydrogens is 266 g/mol. The fraction of sp³-hybridized carbons (Fsp3) is 0.308. The predicted molar refractivity (Wildman–Crippen MR) is 79.5 cm³/mol. The number of nitrogens with two attached hydrogens (primary N) is 1. The zero-order valence-electron chi connectivity index (χ0n) is 10.6. The Hall–Kier alpha value is -1.26. The molecule has 0 spiro atoms. The smallest absolute Gasteiger partial charge is 0.115 e. The molecule has 2 rings (SSSR count). The van der Waals surface area contributed by atoms with Crippen LogP contribution >= 0.6 is 22.9 Å². The van der Waals surface area contributed by atoms with E-state index in [9.17, 15) is 0 Å². The van der Waals surface area contributed by atoms with Crippen LogP contribution in [-0.4, -0.2) is 4.98 Å². The fourth-order valence-electron chi connectivity index (χ4n) is 1.73. The summed E-state index contributed by atoms with van der Waals surface area (Å²) >= 11 is 7.74. The summed E-state index contributed by atoms with van der Waals surface area (Å²) < 4.78 is 0. The molecule has 0 amide bonds. The van der Waals surface area contributed by atoms with Crippen molar-refractivity contribution in [1.82, 2.24) is 4.98 Å². The minimum atomic E-state index is 0.155. The van der Waals surface area contributed by atoms with Crippen LogP contribution in [-0.2, 0) is 0 Å². The van der Waals surface area contributed by atoms with Crippen LogP contribution in [0.5, 0.6) is 0 Å². The second-order valence-electron chi connectivity index (χ2n) is 4.36. The van der Waals surface area contributed by atoms with Crippen LogP contribution in [0.1, 0.15) is 28.4 Å². The number of anilines is 2. The lowest BCUT2D eigenvalue weighted by Gasteiger charge is -2.16. The zero-order chi connectivity index (χ0) is 13.3. The molecule has 0 saturated heterocycles. The first-order valence-electron chi connectivity index (χ1n) is 5.72. The van der Waals surface area contributed by atoms with Crippen molar-refractivity contribution in [2.24, 2.45) is 0 Å². The normalized spacial score (nSPS) is 12.4. The Bertz CT molecular complexity index is 565. The van der Waals surface area contributed by atoms with Gasteiger partial charge in [-0.15, -0.1) is 11.3 Å². The summed E-state index contributed by atoms with van der Waals surface area (Å²) in [7, 11) is 0. The maximum atomic E-state index is 6.04. The summed E-state index contributed by atoms with van der Waals surface area (Å²) in [6, 6.07) is 3.90. The third-order valence-corrected chi connectivity index (χ3v) is 4.15. The van der Waals surface area contributed by atoms with Crippen molar-refractivity contribution < 1.29 is 0 Å². The van der Waals surface area contributed by atoms with Crippen LogP contribution in [0, 0.1) is 13.8 Å². The molecular formula is C13H16ClN3S. The number of benzene rings is 1. The van der Waals surface area contributed by atoms with E-state index < -0.39 is 0 Å². The third kappa shape index (κ3) is 2.76. The molecule has 0 aliphatic rings. The number of thiazole rings is 1. The van der Waals surface area contributed by atoms with Crippen LogP contribution in [0.25, 0.3) is 0 Å². The summed E-state index contributed by atoms with van der Waals surface area (Å²) in [4.78, 5) is 5.59. The van der Waals surface area contributed by atoms with Crippen LogP contribution in [0.2, 0.25) is 5.02 Å². The topological polar surface area (TPSA) is 50.9 Å². The lowest BCUT2D eigenvalue weighted by Crippen LogP contribution is -2.07. The van der Waals surface area contributed by atoms with Gasteiger partial charge in [0, 0.05) is 16.8 Å². The van der Waals surface area contributed by atoms with E-state index in [0.717, 1.165) is 16.3 Å². The van der Waals surface area contributed by atoms with Crippen LogP contribution < -0.4 is 11.1 Å². The SMILES string of the molecule is Cc1cnc(C(C)Nc2cc(Cl)c(N)cc2C)s1. The summed E-state index contributed by atoms with van der Waals surface area (Å²) in [5, 5.41) is 5.06. The molecule has 0 aliphatic carbocycles. The van der Waals surface area contributed by atoms with Gasteiger partial charge in [0.25, 0.3) is 0 Å². The van der Waals surface area contributed by atoms with Crippen LogP contribution in [0.4, 0.5) is 11.4 Å². The first kappa shape index (κ1) is 13.2. The van der Waals surface area contributed by atoms with Gasteiger partial charge in [0.15, 0.2) is 0 Å². The van der Waals surface area contributed by atoms with Gasteiger partial charge in [-0.25, -0.2) is 4.98 Å². The van der Waals surface area contributed by atoms with E-state index in [2.05, 4.69) is 24.1 Å². The van der Waals surface area contributed by atoms with E-state index in [1.807, 2.05) is 25.3 Å². The number of nitrogens with one attached hydrogen (secondary N) is 1. The van der Waals surface area contributed by atoms with E-state index in [4.69, 9.17) is 17.3 Å². The molecule has 1 atom stereocenters. The highest BCUT2D eigenvalue weighted by molar-refractivity contribution is 7.11. The fourth-order valence-corrected chi connectivity index (χ4v) is 2.67. The highest BCUT2D eigenvalue weighted by Gasteiger charge is 2.11. The Morgan fingerprint density at radius 2 is 2.11 bits per heavy atom. The average Bonchev–Trinajstić information content (AvgIpc) is 2.73. The molecule has 0 saturated carbocycles. The van der Waals surface area contributed by atoms with Gasteiger partial charge in [-0.05, 0) is 38.5 Å². The number of aryl methyl sites for hydroxylation is 2. The van der Waals surface area contributed by atoms with E-state index in [1.165, 1.54) is 4.88 Å². The number of aromatic nitrogens is 1. The summed E-state index contributed by atoms with van der Waals surface area (Å²) in [5.41, 5.74) is 8.45. The van der Waals surface area contributed by atoms with Gasteiger partial charge in [-0.1, -0.05) is 11.6 Å². The molecule has 3 N–H and O–H groups in total. The van der Waals surface area contributed by atoms with Gasteiger partial charge in [0.2, 0.25) is 0 Å². The molecule has 3 nitrogen and oxygen atoms in total. The Morgan fingerprint density at radius 3 is 2.72 bits per heavy atom. The highest BCUT2D eigenvalue weighted by atomic mass is 35.5. The number of nitrogen functional groups attached to an aromatic ring is 1. The second-order valence-corrected chi connectivity index (χ2v) is 6.04. The highest BCUT2D eigenvalue weighted by Crippen LogP contribution is 2.30. The molecule has 0 radical (unpaired) electrons. The molecule has 18 heavy (non-hydrogen) atoms. The lowest BCUT2D eigenvalue weighted by atomic mass is 10.1. The van der Waals surface area contributed by atoms with Gasteiger partial charge in [0.1, 0.15) is 5.01 Å². The number of rotatable bonds is 3. The van der Waals surface area contributed by atoms with Gasteiger partial charge >= 0.3 is 0 Å². The van der Waals surface area contributed by atoms with E-state index >= 15 is 0 Å². The zero-order valence-corrected chi connectivity index (χ0v) is 12.2.